The maximum absolute atomic E-state index is 13.6. The SMILES string of the molecule is CCCCC/C=C\C/C=C\C/C=C\CCCCCCCCCCCCC(=O)OC(/C=C\CCCCCCCCCCCC)C(COP(=O)(O)OCC[N+](C)(C)C)NC(=O)CCCCCCCCCCCCCCCCCCC/C=C/CCCCCCCC. The third-order valence-electron chi connectivity index (χ3n) is 17.2. The van der Waals surface area contributed by atoms with Crippen LogP contribution in [0.15, 0.2) is 60.8 Å². The molecule has 3 unspecified atom stereocenters. The molecule has 10 heteroatoms. The van der Waals surface area contributed by atoms with E-state index in [1.165, 1.54) is 270 Å². The average Bonchev–Trinajstić information content (AvgIpc) is 3.71. The monoisotopic (exact) mass is 1260 g/mol. The molecule has 0 aromatic rings. The Labute approximate surface area is 547 Å². The van der Waals surface area contributed by atoms with E-state index in [1.807, 2.05) is 33.3 Å². The van der Waals surface area contributed by atoms with Crippen molar-refractivity contribution in [1.82, 2.24) is 5.32 Å². The van der Waals surface area contributed by atoms with Gasteiger partial charge in [-0.3, -0.25) is 18.6 Å². The summed E-state index contributed by atoms with van der Waals surface area (Å²) in [6.07, 6.45) is 88.2. The first kappa shape index (κ1) is 85.7. The molecular formula is C78H148N2O7P+. The van der Waals surface area contributed by atoms with Gasteiger partial charge in [0.2, 0.25) is 5.91 Å². The molecule has 88 heavy (non-hydrogen) atoms. The van der Waals surface area contributed by atoms with Crippen molar-refractivity contribution in [3.8, 4) is 0 Å². The summed E-state index contributed by atoms with van der Waals surface area (Å²) in [5.74, 6) is -0.493. The lowest BCUT2D eigenvalue weighted by Gasteiger charge is -2.27. The quantitative estimate of drug-likeness (QED) is 0.0205. The molecule has 0 aliphatic carbocycles. The third-order valence-corrected chi connectivity index (χ3v) is 18.2. The van der Waals surface area contributed by atoms with Crippen LogP contribution in [-0.4, -0.2) is 74.3 Å². The van der Waals surface area contributed by atoms with E-state index in [0.29, 0.717) is 17.4 Å². The Morgan fingerprint density at radius 1 is 0.398 bits per heavy atom. The fourth-order valence-corrected chi connectivity index (χ4v) is 12.0. The largest absolute Gasteiger partial charge is 0.472 e. The Morgan fingerprint density at radius 3 is 1.07 bits per heavy atom. The molecule has 0 aromatic carbocycles. The lowest BCUT2D eigenvalue weighted by atomic mass is 10.0. The molecule has 2 N–H and O–H groups in total. The van der Waals surface area contributed by atoms with Gasteiger partial charge in [0.15, 0.2) is 0 Å². The minimum absolute atomic E-state index is 0.0403. The van der Waals surface area contributed by atoms with Crippen LogP contribution < -0.4 is 5.32 Å². The molecular weight excluding hydrogens is 1110 g/mol. The highest BCUT2D eigenvalue weighted by Gasteiger charge is 2.30. The molecule has 0 heterocycles. The maximum Gasteiger partial charge on any atom is 0.472 e. The van der Waals surface area contributed by atoms with Crippen LogP contribution in [0.5, 0.6) is 0 Å². The van der Waals surface area contributed by atoms with Crippen molar-refractivity contribution in [1.29, 1.82) is 0 Å². The Bertz CT molecular complexity index is 1690. The van der Waals surface area contributed by atoms with Crippen LogP contribution >= 0.6 is 7.82 Å². The minimum Gasteiger partial charge on any atom is -0.456 e. The predicted molar refractivity (Wildman–Crippen MR) is 383 cm³/mol. The number of allylic oxidation sites excluding steroid dienone is 9. The predicted octanol–water partition coefficient (Wildman–Crippen LogP) is 24.5. The van der Waals surface area contributed by atoms with E-state index >= 15 is 0 Å². The van der Waals surface area contributed by atoms with Crippen molar-refractivity contribution in [3.05, 3.63) is 60.8 Å². The number of phosphoric acid groups is 1. The van der Waals surface area contributed by atoms with Gasteiger partial charge in [0.05, 0.1) is 33.8 Å². The zero-order valence-corrected chi connectivity index (χ0v) is 60.1. The number of quaternary nitrogens is 1. The summed E-state index contributed by atoms with van der Waals surface area (Å²) >= 11 is 0. The van der Waals surface area contributed by atoms with Gasteiger partial charge < -0.3 is 19.4 Å². The van der Waals surface area contributed by atoms with Crippen molar-refractivity contribution in [2.45, 2.75) is 386 Å². The number of carbonyl (C=O) groups excluding carboxylic acids is 2. The number of rotatable bonds is 70. The summed E-state index contributed by atoms with van der Waals surface area (Å²) in [5.41, 5.74) is 0. The second kappa shape index (κ2) is 67.6. The van der Waals surface area contributed by atoms with Gasteiger partial charge in [0.1, 0.15) is 19.3 Å². The van der Waals surface area contributed by atoms with Crippen LogP contribution in [0.3, 0.4) is 0 Å². The Balaban J connectivity index is 4.96. The number of hydrogen-bond acceptors (Lipinski definition) is 6. The van der Waals surface area contributed by atoms with Gasteiger partial charge in [-0.1, -0.05) is 326 Å². The molecule has 3 atom stereocenters. The maximum atomic E-state index is 13.6. The van der Waals surface area contributed by atoms with Crippen LogP contribution in [0.1, 0.15) is 374 Å². The van der Waals surface area contributed by atoms with E-state index < -0.39 is 20.0 Å². The molecule has 0 aliphatic rings. The van der Waals surface area contributed by atoms with Crippen LogP contribution in [0.4, 0.5) is 0 Å². The van der Waals surface area contributed by atoms with Gasteiger partial charge in [-0.2, -0.15) is 0 Å². The van der Waals surface area contributed by atoms with E-state index in [-0.39, 0.29) is 31.5 Å². The molecule has 0 fully saturated rings. The second-order valence-corrected chi connectivity index (χ2v) is 28.6. The molecule has 0 aromatic heterocycles. The van der Waals surface area contributed by atoms with Gasteiger partial charge in [-0.25, -0.2) is 4.57 Å². The minimum atomic E-state index is -4.46. The van der Waals surface area contributed by atoms with Crippen molar-refractivity contribution in [3.63, 3.8) is 0 Å². The first-order chi connectivity index (χ1) is 42.9. The van der Waals surface area contributed by atoms with Gasteiger partial charge in [0.25, 0.3) is 0 Å². The third kappa shape index (κ3) is 68.1. The molecule has 0 saturated carbocycles. The number of carbonyl (C=O) groups is 2. The van der Waals surface area contributed by atoms with Crippen LogP contribution in [0.2, 0.25) is 0 Å². The van der Waals surface area contributed by atoms with Gasteiger partial charge in [0, 0.05) is 12.8 Å². The molecule has 0 saturated heterocycles. The highest BCUT2D eigenvalue weighted by atomic mass is 31.2. The highest BCUT2D eigenvalue weighted by molar-refractivity contribution is 7.47. The average molecular weight is 1260 g/mol. The summed E-state index contributed by atoms with van der Waals surface area (Å²) in [6, 6.07) is -0.851. The molecule has 0 radical (unpaired) electrons. The normalized spacial score (nSPS) is 13.8. The molecule has 0 bridgehead atoms. The number of nitrogens with one attached hydrogen (secondary N) is 1. The number of esters is 1. The molecule has 0 aliphatic heterocycles. The van der Waals surface area contributed by atoms with Gasteiger partial charge >= 0.3 is 13.8 Å². The van der Waals surface area contributed by atoms with Crippen molar-refractivity contribution in [2.75, 3.05) is 40.9 Å². The zero-order chi connectivity index (χ0) is 64.2. The second-order valence-electron chi connectivity index (χ2n) is 27.2. The molecule has 516 valence electrons. The lowest BCUT2D eigenvalue weighted by Crippen LogP contribution is -2.47. The standard InChI is InChI=1S/C78H147N2O7P/c1-7-10-13-16-19-22-25-28-30-32-34-36-38-39-40-41-43-44-46-48-50-52-55-58-61-64-67-70-77(81)79-75(74-86-88(83,84)85-73-72-80(4,5)6)76(69-66-63-60-57-54-27-24-21-18-15-12-9-3)87-78(82)71-68-65-62-59-56-53-51-49-47-45-42-37-35-33-31-29-26-23-20-17-14-11-8-2/h20,23,28-31,35,37,66,69,75-76H,7-19,21-22,24-27,32-34,36,38-65,67-68,70-74H2,1-6H3,(H-,79,81,83,84)/p+1/b23-20-,30-28+,31-29-,37-35-,69-66-. The fraction of sp³-hybridized carbons (Fsp3) is 0.846. The highest BCUT2D eigenvalue weighted by Crippen LogP contribution is 2.43. The number of nitrogens with zero attached hydrogens (tertiary/aromatic N) is 1. The van der Waals surface area contributed by atoms with E-state index in [2.05, 4.69) is 74.7 Å². The summed E-state index contributed by atoms with van der Waals surface area (Å²) in [4.78, 5) is 38.0. The lowest BCUT2D eigenvalue weighted by molar-refractivity contribution is -0.870. The summed E-state index contributed by atoms with van der Waals surface area (Å²) < 4.78 is 30.9. The Hall–Kier alpha value is -2.29. The van der Waals surface area contributed by atoms with Crippen molar-refractivity contribution >= 4 is 19.7 Å². The number of amides is 1. The zero-order valence-electron chi connectivity index (χ0n) is 59.2. The van der Waals surface area contributed by atoms with E-state index in [4.69, 9.17) is 13.8 Å². The van der Waals surface area contributed by atoms with Crippen LogP contribution in [-0.2, 0) is 27.9 Å². The van der Waals surface area contributed by atoms with Gasteiger partial charge in [-0.05, 0) is 96.0 Å². The molecule has 9 nitrogen and oxygen atoms in total. The van der Waals surface area contributed by atoms with E-state index in [1.54, 1.807) is 0 Å². The fourth-order valence-electron chi connectivity index (χ4n) is 11.3. The molecule has 0 spiro atoms. The smallest absolute Gasteiger partial charge is 0.456 e. The number of unbranched alkanes of at least 4 members (excludes halogenated alkanes) is 46. The molecule has 0 rings (SSSR count). The number of likely N-dealkylation sites (N-methyl/N-ethyl adjacent to an activating group) is 1. The van der Waals surface area contributed by atoms with Crippen LogP contribution in [0.25, 0.3) is 0 Å². The molecule has 1 amide bonds. The summed E-state index contributed by atoms with van der Waals surface area (Å²) in [5, 5.41) is 3.08. The van der Waals surface area contributed by atoms with Gasteiger partial charge in [-0.15, -0.1) is 0 Å². The number of phosphoric ester groups is 1. The first-order valence-corrected chi connectivity index (χ1v) is 39.6. The van der Waals surface area contributed by atoms with Crippen molar-refractivity contribution in [2.24, 2.45) is 0 Å². The van der Waals surface area contributed by atoms with Crippen LogP contribution in [0, 0.1) is 0 Å². The first-order valence-electron chi connectivity index (χ1n) is 38.1. The number of hydrogen-bond donors (Lipinski definition) is 2. The van der Waals surface area contributed by atoms with E-state index in [9.17, 15) is 19.0 Å². The number of ether oxygens (including phenoxy) is 1. The summed E-state index contributed by atoms with van der Waals surface area (Å²) in [6.45, 7) is 7.03. The Kier molecular flexibility index (Phi) is 65.8. The Morgan fingerprint density at radius 2 is 0.693 bits per heavy atom. The topological polar surface area (TPSA) is 111 Å². The van der Waals surface area contributed by atoms with E-state index in [0.717, 1.165) is 70.6 Å². The van der Waals surface area contributed by atoms with Crippen molar-refractivity contribution < 1.29 is 37.3 Å². The summed E-state index contributed by atoms with van der Waals surface area (Å²) in [7, 11) is 1.51.